The van der Waals surface area contributed by atoms with Crippen LogP contribution >= 0.6 is 0 Å². The second kappa shape index (κ2) is 7.14. The summed E-state index contributed by atoms with van der Waals surface area (Å²) in [5.74, 6) is 1.59. The maximum atomic E-state index is 5.98. The number of benzene rings is 1. The smallest absolute Gasteiger partial charge is 0.0717 e. The molecule has 3 rings (SSSR count). The average molecular weight is 301 g/mol. The highest BCUT2D eigenvalue weighted by Gasteiger charge is 2.48. The topological polar surface area (TPSA) is 12.5 Å². The number of rotatable bonds is 6. The minimum Gasteiger partial charge on any atom is -0.376 e. The molecule has 1 unspecified atom stereocenters. The van der Waals surface area contributed by atoms with Crippen molar-refractivity contribution in [1.29, 1.82) is 0 Å². The fraction of sp³-hybridized carbons (Fsp3) is 0.700. The molecule has 2 heteroatoms. The van der Waals surface area contributed by atoms with Gasteiger partial charge in [0.15, 0.2) is 0 Å². The Kier molecular flexibility index (Phi) is 5.20. The van der Waals surface area contributed by atoms with Crippen molar-refractivity contribution in [2.45, 2.75) is 46.1 Å². The van der Waals surface area contributed by atoms with E-state index in [-0.39, 0.29) is 0 Å². The molecule has 22 heavy (non-hydrogen) atoms. The Hall–Kier alpha value is -0.860. The van der Waals surface area contributed by atoms with E-state index >= 15 is 0 Å². The van der Waals surface area contributed by atoms with Gasteiger partial charge in [0.05, 0.1) is 13.2 Å². The molecule has 0 bridgehead atoms. The van der Waals surface area contributed by atoms with E-state index in [0.717, 1.165) is 25.0 Å². The third-order valence-corrected chi connectivity index (χ3v) is 6.03. The van der Waals surface area contributed by atoms with Crippen molar-refractivity contribution in [3.05, 3.63) is 35.9 Å². The van der Waals surface area contributed by atoms with Crippen molar-refractivity contribution in [2.75, 3.05) is 26.2 Å². The molecule has 1 aliphatic heterocycles. The lowest BCUT2D eigenvalue weighted by Gasteiger charge is -2.54. The largest absolute Gasteiger partial charge is 0.376 e. The molecule has 1 aromatic rings. The fourth-order valence-electron chi connectivity index (χ4n) is 4.06. The summed E-state index contributed by atoms with van der Waals surface area (Å²) in [6.45, 7) is 10.5. The molecule has 0 N–H and O–H groups in total. The molecule has 1 saturated heterocycles. The molecular weight excluding hydrogens is 270 g/mol. The molecule has 2 fully saturated rings. The van der Waals surface area contributed by atoms with Crippen molar-refractivity contribution in [1.82, 2.24) is 4.90 Å². The van der Waals surface area contributed by atoms with Crippen LogP contribution in [0.3, 0.4) is 0 Å². The summed E-state index contributed by atoms with van der Waals surface area (Å²) in [7, 11) is 0. The van der Waals surface area contributed by atoms with E-state index in [9.17, 15) is 0 Å². The summed E-state index contributed by atoms with van der Waals surface area (Å²) in [5.41, 5.74) is 1.72. The predicted octanol–water partition coefficient (Wildman–Crippen LogP) is 4.35. The second-order valence-corrected chi connectivity index (χ2v) is 7.81. The van der Waals surface area contributed by atoms with Crippen LogP contribution in [0.2, 0.25) is 0 Å². The summed E-state index contributed by atoms with van der Waals surface area (Å²) in [5, 5.41) is 0. The van der Waals surface area contributed by atoms with Crippen LogP contribution in [-0.4, -0.2) is 31.1 Å². The summed E-state index contributed by atoms with van der Waals surface area (Å²) in [4.78, 5) is 2.69. The third-order valence-electron chi connectivity index (χ3n) is 6.03. The molecule has 2 nitrogen and oxygen atoms in total. The van der Waals surface area contributed by atoms with E-state index in [0.29, 0.717) is 5.41 Å². The number of ether oxygens (including phenoxy) is 1. The van der Waals surface area contributed by atoms with Crippen LogP contribution in [-0.2, 0) is 11.3 Å². The zero-order valence-electron chi connectivity index (χ0n) is 14.3. The molecule has 1 saturated carbocycles. The molecule has 122 valence electrons. The van der Waals surface area contributed by atoms with Crippen molar-refractivity contribution in [3.8, 4) is 0 Å². The zero-order valence-corrected chi connectivity index (χ0v) is 14.3. The van der Waals surface area contributed by atoms with Crippen molar-refractivity contribution >= 4 is 0 Å². The fourth-order valence-corrected chi connectivity index (χ4v) is 4.06. The van der Waals surface area contributed by atoms with Gasteiger partial charge >= 0.3 is 0 Å². The van der Waals surface area contributed by atoms with Crippen LogP contribution in [0.5, 0.6) is 0 Å². The average Bonchev–Trinajstić information content (AvgIpc) is 2.55. The van der Waals surface area contributed by atoms with Crippen LogP contribution in [0.1, 0.15) is 45.1 Å². The maximum absolute atomic E-state index is 5.98. The van der Waals surface area contributed by atoms with Gasteiger partial charge in [0.25, 0.3) is 0 Å². The number of nitrogens with zero attached hydrogens (tertiary/aromatic N) is 1. The van der Waals surface area contributed by atoms with Gasteiger partial charge in [-0.1, -0.05) is 50.6 Å². The quantitative estimate of drug-likeness (QED) is 0.774. The Morgan fingerprint density at radius 3 is 2.45 bits per heavy atom. The first-order valence-electron chi connectivity index (χ1n) is 9.00. The van der Waals surface area contributed by atoms with Crippen LogP contribution < -0.4 is 0 Å². The van der Waals surface area contributed by atoms with E-state index in [1.54, 1.807) is 0 Å². The summed E-state index contributed by atoms with van der Waals surface area (Å²) >= 11 is 0. The van der Waals surface area contributed by atoms with Gasteiger partial charge in [0.1, 0.15) is 0 Å². The lowest BCUT2D eigenvalue weighted by molar-refractivity contribution is -0.0869. The SMILES string of the molecule is CC1(C)C(CN2CCCCC2)C[C@@H]1COCc1ccccc1. The molecule has 0 radical (unpaired) electrons. The molecule has 1 aromatic carbocycles. The molecule has 2 aliphatic rings. The minimum atomic E-state index is 0.439. The first-order valence-corrected chi connectivity index (χ1v) is 9.00. The van der Waals surface area contributed by atoms with Crippen LogP contribution in [0.15, 0.2) is 30.3 Å². The number of hydrogen-bond donors (Lipinski definition) is 0. The Bertz CT molecular complexity index is 450. The summed E-state index contributed by atoms with van der Waals surface area (Å²) in [6, 6.07) is 10.5. The molecular formula is C20H31NO. The Morgan fingerprint density at radius 1 is 1.05 bits per heavy atom. The monoisotopic (exact) mass is 301 g/mol. The van der Waals surface area contributed by atoms with Crippen molar-refractivity contribution < 1.29 is 4.74 Å². The van der Waals surface area contributed by atoms with Crippen LogP contribution in [0.25, 0.3) is 0 Å². The highest BCUT2D eigenvalue weighted by molar-refractivity contribution is 5.13. The van der Waals surface area contributed by atoms with Crippen molar-refractivity contribution in [3.63, 3.8) is 0 Å². The molecule has 1 aliphatic carbocycles. The second-order valence-electron chi connectivity index (χ2n) is 7.81. The highest BCUT2D eigenvalue weighted by Crippen LogP contribution is 2.51. The van der Waals surface area contributed by atoms with Gasteiger partial charge in [-0.2, -0.15) is 0 Å². The van der Waals surface area contributed by atoms with E-state index in [2.05, 4.69) is 49.1 Å². The highest BCUT2D eigenvalue weighted by atomic mass is 16.5. The van der Waals surface area contributed by atoms with Gasteiger partial charge in [0, 0.05) is 6.54 Å². The van der Waals surface area contributed by atoms with Gasteiger partial charge in [-0.3, -0.25) is 0 Å². The van der Waals surface area contributed by atoms with E-state index in [1.165, 1.54) is 50.9 Å². The zero-order chi connectivity index (χ0) is 15.4. The Balaban J connectivity index is 1.40. The van der Waals surface area contributed by atoms with Crippen molar-refractivity contribution in [2.24, 2.45) is 17.3 Å². The van der Waals surface area contributed by atoms with Gasteiger partial charge in [-0.05, 0) is 55.2 Å². The van der Waals surface area contributed by atoms with E-state index in [1.807, 2.05) is 0 Å². The number of piperidine rings is 1. The van der Waals surface area contributed by atoms with Gasteiger partial charge < -0.3 is 9.64 Å². The molecule has 0 aromatic heterocycles. The first-order chi connectivity index (χ1) is 10.7. The summed E-state index contributed by atoms with van der Waals surface area (Å²) < 4.78 is 5.98. The molecule has 1 heterocycles. The van der Waals surface area contributed by atoms with E-state index < -0.39 is 0 Å². The minimum absolute atomic E-state index is 0.439. The van der Waals surface area contributed by atoms with Crippen LogP contribution in [0, 0.1) is 17.3 Å². The number of hydrogen-bond acceptors (Lipinski definition) is 2. The normalized spacial score (nSPS) is 28.3. The molecule has 2 atom stereocenters. The summed E-state index contributed by atoms with van der Waals surface area (Å²) in [6.07, 6.45) is 5.58. The van der Waals surface area contributed by atoms with E-state index in [4.69, 9.17) is 4.74 Å². The maximum Gasteiger partial charge on any atom is 0.0717 e. The van der Waals surface area contributed by atoms with Gasteiger partial charge in [-0.15, -0.1) is 0 Å². The number of likely N-dealkylation sites (tertiary alicyclic amines) is 1. The Morgan fingerprint density at radius 2 is 1.77 bits per heavy atom. The lowest BCUT2D eigenvalue weighted by Crippen LogP contribution is -2.52. The standard InChI is InChI=1S/C20H31NO/c1-20(2)18(14-21-11-7-4-8-12-21)13-19(20)16-22-15-17-9-5-3-6-10-17/h3,5-6,9-10,18-19H,4,7-8,11-16H2,1-2H3/t18?,19-/m1/s1. The first kappa shape index (κ1) is 16.0. The lowest BCUT2D eigenvalue weighted by atomic mass is 9.55. The van der Waals surface area contributed by atoms with Gasteiger partial charge in [-0.25, -0.2) is 0 Å². The molecule has 0 amide bonds. The molecule has 0 spiro atoms. The van der Waals surface area contributed by atoms with Gasteiger partial charge in [0.2, 0.25) is 0 Å². The third kappa shape index (κ3) is 3.72. The van der Waals surface area contributed by atoms with Crippen LogP contribution in [0.4, 0.5) is 0 Å². The predicted molar refractivity (Wildman–Crippen MR) is 91.8 cm³/mol. The Labute approximate surface area is 135 Å².